The largest absolute Gasteiger partial charge is 0.327 e. The average molecular weight is 361 g/mol. The maximum Gasteiger partial charge on any atom is 0.327 e. The second kappa shape index (κ2) is 6.86. The number of nitrogens with zero attached hydrogens (tertiary/aromatic N) is 4. The lowest BCUT2D eigenvalue weighted by Crippen LogP contribution is -2.36. The maximum absolute atomic E-state index is 12.5. The number of hydrogen-bond donors (Lipinski definition) is 0. The van der Waals surface area contributed by atoms with E-state index < -0.39 is 16.9 Å². The molecule has 0 unspecified atom stereocenters. The molecule has 0 spiro atoms. The van der Waals surface area contributed by atoms with Crippen molar-refractivity contribution in [2.24, 2.45) is 0 Å². The quantitative estimate of drug-likeness (QED) is 0.474. The molecule has 0 bridgehead atoms. The maximum atomic E-state index is 12.5. The molecule has 128 valence electrons. The van der Waals surface area contributed by atoms with Gasteiger partial charge in [0.25, 0.3) is 11.6 Å². The molecule has 8 nitrogen and oxygen atoms in total. The molecule has 3 rings (SSSR count). The number of carbonyl (C=O) groups is 2. The van der Waals surface area contributed by atoms with Crippen LogP contribution in [0.1, 0.15) is 15.9 Å². The Morgan fingerprint density at radius 3 is 2.52 bits per heavy atom. The Morgan fingerprint density at radius 2 is 1.92 bits per heavy atom. The topological polar surface area (TPSA) is 96.7 Å². The first-order valence-electron chi connectivity index (χ1n) is 7.41. The number of nitro benzene ring substituents is 1. The van der Waals surface area contributed by atoms with E-state index in [1.54, 1.807) is 18.3 Å². The molecule has 2 heterocycles. The number of carbonyl (C=O) groups excluding carboxylic acids is 2. The molecule has 3 amide bonds. The monoisotopic (exact) mass is 360 g/mol. The lowest BCUT2D eigenvalue weighted by atomic mass is 10.2. The number of non-ortho nitro benzene ring substituents is 1. The highest BCUT2D eigenvalue weighted by Crippen LogP contribution is 2.18. The Kier molecular flexibility index (Phi) is 4.62. The Labute approximate surface area is 147 Å². The predicted molar refractivity (Wildman–Crippen MR) is 89.2 cm³/mol. The van der Waals surface area contributed by atoms with Crippen LogP contribution >= 0.6 is 11.6 Å². The fourth-order valence-electron chi connectivity index (χ4n) is 2.52. The zero-order chi connectivity index (χ0) is 18.0. The third kappa shape index (κ3) is 3.58. The fourth-order valence-corrected chi connectivity index (χ4v) is 2.63. The van der Waals surface area contributed by atoms with Crippen molar-refractivity contribution in [1.29, 1.82) is 0 Å². The summed E-state index contributed by atoms with van der Waals surface area (Å²) in [6, 6.07) is 8.17. The number of pyridine rings is 1. The molecule has 0 N–H and O–H groups in total. The van der Waals surface area contributed by atoms with Crippen molar-refractivity contribution in [3.05, 3.63) is 69.0 Å². The number of amides is 3. The van der Waals surface area contributed by atoms with Crippen molar-refractivity contribution in [3.8, 4) is 0 Å². The predicted octanol–water partition coefficient (Wildman–Crippen LogP) is 2.72. The summed E-state index contributed by atoms with van der Waals surface area (Å²) >= 11 is 5.73. The van der Waals surface area contributed by atoms with E-state index in [9.17, 15) is 19.7 Å². The van der Waals surface area contributed by atoms with Gasteiger partial charge >= 0.3 is 6.03 Å². The van der Waals surface area contributed by atoms with E-state index in [1.165, 1.54) is 29.2 Å². The molecule has 1 saturated heterocycles. The number of rotatable bonds is 4. The van der Waals surface area contributed by atoms with Crippen molar-refractivity contribution in [3.63, 3.8) is 0 Å². The van der Waals surface area contributed by atoms with Gasteiger partial charge in [-0.25, -0.2) is 9.78 Å². The number of halogens is 1. The van der Waals surface area contributed by atoms with Crippen LogP contribution in [0.4, 0.5) is 10.5 Å². The van der Waals surface area contributed by atoms with Gasteiger partial charge in [0.1, 0.15) is 5.15 Å². The van der Waals surface area contributed by atoms with Crippen LogP contribution in [-0.4, -0.2) is 44.7 Å². The first-order valence-corrected chi connectivity index (χ1v) is 7.79. The average Bonchev–Trinajstić information content (AvgIpc) is 2.97. The number of urea groups is 1. The molecular formula is C16H13ClN4O4. The van der Waals surface area contributed by atoms with Gasteiger partial charge < -0.3 is 4.90 Å². The summed E-state index contributed by atoms with van der Waals surface area (Å²) in [5.74, 6) is -0.475. The lowest BCUT2D eigenvalue weighted by Gasteiger charge is -2.17. The summed E-state index contributed by atoms with van der Waals surface area (Å²) in [7, 11) is 0. The van der Waals surface area contributed by atoms with Crippen molar-refractivity contribution >= 4 is 29.2 Å². The summed E-state index contributed by atoms with van der Waals surface area (Å²) in [6.45, 7) is 0.989. The fraction of sp³-hybridized carbons (Fsp3) is 0.188. The first-order chi connectivity index (χ1) is 12.0. The minimum absolute atomic E-state index is 0.110. The van der Waals surface area contributed by atoms with Gasteiger partial charge in [0.05, 0.1) is 4.92 Å². The van der Waals surface area contributed by atoms with Gasteiger partial charge in [0.15, 0.2) is 0 Å². The van der Waals surface area contributed by atoms with Gasteiger partial charge in [0.2, 0.25) is 0 Å². The van der Waals surface area contributed by atoms with Crippen molar-refractivity contribution < 1.29 is 14.5 Å². The van der Waals surface area contributed by atoms with E-state index in [0.717, 1.165) is 10.5 Å². The zero-order valence-corrected chi connectivity index (χ0v) is 13.7. The second-order valence-corrected chi connectivity index (χ2v) is 5.84. The Morgan fingerprint density at radius 1 is 1.20 bits per heavy atom. The summed E-state index contributed by atoms with van der Waals surface area (Å²) < 4.78 is 0. The van der Waals surface area contributed by atoms with E-state index in [-0.39, 0.29) is 17.8 Å². The van der Waals surface area contributed by atoms with Gasteiger partial charge in [-0.05, 0) is 23.8 Å². The SMILES string of the molecule is O=C(c1ccc([N+](=O)[O-])cc1)N1CCN(Cc2ccc(Cl)nc2)C1=O. The molecule has 1 aliphatic heterocycles. The minimum Gasteiger partial charge on any atom is -0.318 e. The van der Waals surface area contributed by atoms with Crippen LogP contribution in [0.5, 0.6) is 0 Å². The van der Waals surface area contributed by atoms with E-state index >= 15 is 0 Å². The summed E-state index contributed by atoms with van der Waals surface area (Å²) in [5.41, 5.74) is 0.928. The van der Waals surface area contributed by atoms with E-state index in [0.29, 0.717) is 18.2 Å². The van der Waals surface area contributed by atoms with Crippen LogP contribution in [0.2, 0.25) is 5.15 Å². The summed E-state index contributed by atoms with van der Waals surface area (Å²) in [6.07, 6.45) is 1.58. The molecule has 2 aromatic rings. The summed E-state index contributed by atoms with van der Waals surface area (Å²) in [5, 5.41) is 11.0. The molecule has 0 radical (unpaired) electrons. The Balaban J connectivity index is 1.69. The van der Waals surface area contributed by atoms with Crippen LogP contribution in [0.3, 0.4) is 0 Å². The molecule has 0 aliphatic carbocycles. The van der Waals surface area contributed by atoms with Crippen LogP contribution in [0.25, 0.3) is 0 Å². The minimum atomic E-state index is -0.544. The number of nitro groups is 1. The molecule has 1 aromatic heterocycles. The van der Waals surface area contributed by atoms with Crippen LogP contribution < -0.4 is 0 Å². The van der Waals surface area contributed by atoms with Crippen LogP contribution in [0.15, 0.2) is 42.6 Å². The zero-order valence-electron chi connectivity index (χ0n) is 13.0. The van der Waals surface area contributed by atoms with E-state index in [2.05, 4.69) is 4.98 Å². The van der Waals surface area contributed by atoms with Crippen LogP contribution in [0, 0.1) is 10.1 Å². The molecule has 0 atom stereocenters. The normalized spacial score (nSPS) is 14.0. The van der Waals surface area contributed by atoms with Crippen molar-refractivity contribution in [2.45, 2.75) is 6.54 Å². The highest BCUT2D eigenvalue weighted by Gasteiger charge is 2.33. The molecule has 9 heteroatoms. The van der Waals surface area contributed by atoms with Gasteiger partial charge in [-0.3, -0.25) is 19.8 Å². The third-order valence-electron chi connectivity index (χ3n) is 3.83. The Hall–Kier alpha value is -3.00. The summed E-state index contributed by atoms with van der Waals surface area (Å²) in [4.78, 5) is 41.7. The van der Waals surface area contributed by atoms with Gasteiger partial charge in [-0.2, -0.15) is 0 Å². The first kappa shape index (κ1) is 16.8. The molecule has 1 fully saturated rings. The molecule has 1 aliphatic rings. The molecule has 25 heavy (non-hydrogen) atoms. The van der Waals surface area contributed by atoms with Crippen molar-refractivity contribution in [2.75, 3.05) is 13.1 Å². The number of benzene rings is 1. The van der Waals surface area contributed by atoms with Gasteiger partial charge in [-0.15, -0.1) is 0 Å². The Bertz CT molecular complexity index is 823. The van der Waals surface area contributed by atoms with E-state index in [1.807, 2.05) is 0 Å². The molecule has 1 aromatic carbocycles. The lowest BCUT2D eigenvalue weighted by molar-refractivity contribution is -0.384. The standard InChI is InChI=1S/C16H13ClN4O4/c17-14-6-1-11(9-18-14)10-19-7-8-20(16(19)23)15(22)12-2-4-13(5-3-12)21(24)25/h1-6,9H,7-8,10H2. The number of hydrogen-bond acceptors (Lipinski definition) is 5. The van der Waals surface area contributed by atoms with Gasteiger partial charge in [0, 0.05) is 43.5 Å². The van der Waals surface area contributed by atoms with Crippen molar-refractivity contribution in [1.82, 2.24) is 14.8 Å². The smallest absolute Gasteiger partial charge is 0.318 e. The van der Waals surface area contributed by atoms with E-state index in [4.69, 9.17) is 11.6 Å². The second-order valence-electron chi connectivity index (χ2n) is 5.45. The number of imide groups is 1. The highest BCUT2D eigenvalue weighted by molar-refractivity contribution is 6.29. The molecule has 0 saturated carbocycles. The number of aromatic nitrogens is 1. The van der Waals surface area contributed by atoms with Gasteiger partial charge in [-0.1, -0.05) is 17.7 Å². The van der Waals surface area contributed by atoms with Crippen LogP contribution in [-0.2, 0) is 6.54 Å². The third-order valence-corrected chi connectivity index (χ3v) is 4.05. The molecular weight excluding hydrogens is 348 g/mol. The highest BCUT2D eigenvalue weighted by atomic mass is 35.5.